The molecule has 1 atom stereocenters. The SMILES string of the molecule is Cc1cnn(CCC(=O)N2CCN(C[C@@H](C)O)CC2)c1. The first-order valence-electron chi connectivity index (χ1n) is 7.22. The van der Waals surface area contributed by atoms with Gasteiger partial charge < -0.3 is 10.0 Å². The fraction of sp³-hybridized carbons (Fsp3) is 0.714. The summed E-state index contributed by atoms with van der Waals surface area (Å²) in [5, 5.41) is 13.5. The van der Waals surface area contributed by atoms with Gasteiger partial charge in [-0.15, -0.1) is 0 Å². The summed E-state index contributed by atoms with van der Waals surface area (Å²) >= 11 is 0. The molecule has 1 aromatic rings. The summed E-state index contributed by atoms with van der Waals surface area (Å²) in [6, 6.07) is 0. The minimum Gasteiger partial charge on any atom is -0.392 e. The van der Waals surface area contributed by atoms with Crippen molar-refractivity contribution >= 4 is 5.91 Å². The summed E-state index contributed by atoms with van der Waals surface area (Å²) in [6.07, 6.45) is 3.95. The molecule has 0 bridgehead atoms. The molecule has 6 nitrogen and oxygen atoms in total. The van der Waals surface area contributed by atoms with E-state index in [1.165, 1.54) is 0 Å². The van der Waals surface area contributed by atoms with Crippen LogP contribution in [-0.2, 0) is 11.3 Å². The molecule has 0 radical (unpaired) electrons. The van der Waals surface area contributed by atoms with Crippen molar-refractivity contribution in [2.75, 3.05) is 32.7 Å². The Balaban J connectivity index is 1.72. The van der Waals surface area contributed by atoms with Crippen molar-refractivity contribution in [1.29, 1.82) is 0 Å². The van der Waals surface area contributed by atoms with E-state index < -0.39 is 0 Å². The lowest BCUT2D eigenvalue weighted by molar-refractivity contribution is -0.133. The molecule has 1 aromatic heterocycles. The standard InChI is InChI=1S/C14H24N4O2/c1-12-9-15-18(10-12)4-3-14(20)17-7-5-16(6-8-17)11-13(2)19/h9-10,13,19H,3-8,11H2,1-2H3/t13-/m1/s1. The number of aryl methyl sites for hydroxylation is 2. The van der Waals surface area contributed by atoms with E-state index in [2.05, 4.69) is 10.00 Å². The van der Waals surface area contributed by atoms with Gasteiger partial charge in [0.1, 0.15) is 0 Å². The Kier molecular flexibility index (Phi) is 5.14. The van der Waals surface area contributed by atoms with E-state index in [1.807, 2.05) is 22.7 Å². The molecule has 1 amide bonds. The second-order valence-electron chi connectivity index (χ2n) is 5.56. The number of β-amino-alcohol motifs (C(OH)–C–C–N with tert-alkyl or cyclic N) is 1. The molecule has 1 aliphatic rings. The summed E-state index contributed by atoms with van der Waals surface area (Å²) in [4.78, 5) is 16.2. The highest BCUT2D eigenvalue weighted by Crippen LogP contribution is 2.06. The number of hydrogen-bond acceptors (Lipinski definition) is 4. The summed E-state index contributed by atoms with van der Waals surface area (Å²) in [6.45, 7) is 8.31. The van der Waals surface area contributed by atoms with Crippen molar-refractivity contribution in [3.05, 3.63) is 18.0 Å². The van der Waals surface area contributed by atoms with Crippen LogP contribution >= 0.6 is 0 Å². The number of rotatable bonds is 5. The Morgan fingerprint density at radius 2 is 2.10 bits per heavy atom. The van der Waals surface area contributed by atoms with E-state index in [9.17, 15) is 9.90 Å². The van der Waals surface area contributed by atoms with Gasteiger partial charge in [0, 0.05) is 51.9 Å². The third-order valence-electron chi connectivity index (χ3n) is 3.56. The predicted octanol–water partition coefficient (Wildman–Crippen LogP) is 0.107. The van der Waals surface area contributed by atoms with E-state index in [0.717, 1.165) is 31.7 Å². The van der Waals surface area contributed by atoms with Crippen molar-refractivity contribution < 1.29 is 9.90 Å². The van der Waals surface area contributed by atoms with E-state index in [1.54, 1.807) is 13.1 Å². The molecule has 6 heteroatoms. The minimum atomic E-state index is -0.305. The van der Waals surface area contributed by atoms with Crippen LogP contribution in [0.5, 0.6) is 0 Å². The molecule has 0 aliphatic carbocycles. The highest BCUT2D eigenvalue weighted by molar-refractivity contribution is 5.76. The molecule has 0 saturated carbocycles. The normalized spacial score (nSPS) is 18.2. The van der Waals surface area contributed by atoms with Crippen molar-refractivity contribution in [2.45, 2.75) is 32.9 Å². The topological polar surface area (TPSA) is 61.6 Å². The molecule has 2 heterocycles. The van der Waals surface area contributed by atoms with Crippen LogP contribution in [0, 0.1) is 6.92 Å². The van der Waals surface area contributed by atoms with Crippen LogP contribution in [0.3, 0.4) is 0 Å². The Morgan fingerprint density at radius 3 is 2.65 bits per heavy atom. The van der Waals surface area contributed by atoms with Gasteiger partial charge in [-0.05, 0) is 19.4 Å². The van der Waals surface area contributed by atoms with Gasteiger partial charge in [0.25, 0.3) is 0 Å². The van der Waals surface area contributed by atoms with Gasteiger partial charge in [0.2, 0.25) is 5.91 Å². The van der Waals surface area contributed by atoms with Gasteiger partial charge in [-0.2, -0.15) is 5.10 Å². The highest BCUT2D eigenvalue weighted by Gasteiger charge is 2.21. The molecular formula is C14H24N4O2. The maximum absolute atomic E-state index is 12.1. The van der Waals surface area contributed by atoms with Gasteiger partial charge in [0.15, 0.2) is 0 Å². The largest absolute Gasteiger partial charge is 0.392 e. The molecule has 1 fully saturated rings. The Labute approximate surface area is 120 Å². The van der Waals surface area contributed by atoms with Gasteiger partial charge in [0.05, 0.1) is 12.3 Å². The molecule has 1 N–H and O–H groups in total. The number of hydrogen-bond donors (Lipinski definition) is 1. The number of carbonyl (C=O) groups is 1. The maximum atomic E-state index is 12.1. The van der Waals surface area contributed by atoms with Crippen molar-refractivity contribution in [3.8, 4) is 0 Å². The smallest absolute Gasteiger partial charge is 0.224 e. The second-order valence-corrected chi connectivity index (χ2v) is 5.56. The summed E-state index contributed by atoms with van der Waals surface area (Å²) in [7, 11) is 0. The van der Waals surface area contributed by atoms with E-state index >= 15 is 0 Å². The number of carbonyl (C=O) groups excluding carboxylic acids is 1. The second kappa shape index (κ2) is 6.85. The average molecular weight is 280 g/mol. The first kappa shape index (κ1) is 15.0. The molecule has 1 saturated heterocycles. The molecule has 112 valence electrons. The van der Waals surface area contributed by atoms with E-state index in [-0.39, 0.29) is 12.0 Å². The number of aromatic nitrogens is 2. The number of nitrogens with zero attached hydrogens (tertiary/aromatic N) is 4. The van der Waals surface area contributed by atoms with Crippen LogP contribution < -0.4 is 0 Å². The average Bonchev–Trinajstić information content (AvgIpc) is 2.82. The third kappa shape index (κ3) is 4.31. The van der Waals surface area contributed by atoms with Crippen molar-refractivity contribution in [3.63, 3.8) is 0 Å². The van der Waals surface area contributed by atoms with Crippen LogP contribution in [0.25, 0.3) is 0 Å². The van der Waals surface area contributed by atoms with Crippen LogP contribution in [0.4, 0.5) is 0 Å². The Morgan fingerprint density at radius 1 is 1.40 bits per heavy atom. The highest BCUT2D eigenvalue weighted by atomic mass is 16.3. The first-order chi connectivity index (χ1) is 9.54. The number of amides is 1. The zero-order valence-corrected chi connectivity index (χ0v) is 12.3. The van der Waals surface area contributed by atoms with E-state index in [0.29, 0.717) is 19.5 Å². The maximum Gasteiger partial charge on any atom is 0.224 e. The van der Waals surface area contributed by atoms with Crippen LogP contribution in [0.1, 0.15) is 18.9 Å². The molecule has 0 aromatic carbocycles. The Bertz CT molecular complexity index is 436. The fourth-order valence-electron chi connectivity index (χ4n) is 2.51. The number of aliphatic hydroxyl groups is 1. The number of aliphatic hydroxyl groups excluding tert-OH is 1. The summed E-state index contributed by atoms with van der Waals surface area (Å²) < 4.78 is 1.82. The zero-order valence-electron chi connectivity index (χ0n) is 12.3. The van der Waals surface area contributed by atoms with Gasteiger partial charge >= 0.3 is 0 Å². The molecule has 1 aliphatic heterocycles. The lowest BCUT2D eigenvalue weighted by Gasteiger charge is -2.35. The molecule has 0 spiro atoms. The van der Waals surface area contributed by atoms with Gasteiger partial charge in [-0.3, -0.25) is 14.4 Å². The molecule has 0 unspecified atom stereocenters. The summed E-state index contributed by atoms with van der Waals surface area (Å²) in [5.41, 5.74) is 1.11. The first-order valence-corrected chi connectivity index (χ1v) is 7.22. The number of piperazine rings is 1. The van der Waals surface area contributed by atoms with Gasteiger partial charge in [-0.1, -0.05) is 0 Å². The lowest BCUT2D eigenvalue weighted by Crippen LogP contribution is -2.50. The van der Waals surface area contributed by atoms with Crippen LogP contribution in [0.15, 0.2) is 12.4 Å². The Hall–Kier alpha value is -1.40. The van der Waals surface area contributed by atoms with Crippen molar-refractivity contribution in [2.24, 2.45) is 0 Å². The molecule has 2 rings (SSSR count). The van der Waals surface area contributed by atoms with E-state index in [4.69, 9.17) is 0 Å². The predicted molar refractivity (Wildman–Crippen MR) is 76.3 cm³/mol. The fourth-order valence-corrected chi connectivity index (χ4v) is 2.51. The zero-order chi connectivity index (χ0) is 14.5. The molecule has 20 heavy (non-hydrogen) atoms. The monoisotopic (exact) mass is 280 g/mol. The lowest BCUT2D eigenvalue weighted by atomic mass is 10.2. The minimum absolute atomic E-state index is 0.190. The van der Waals surface area contributed by atoms with Crippen molar-refractivity contribution in [1.82, 2.24) is 19.6 Å². The molecular weight excluding hydrogens is 256 g/mol. The van der Waals surface area contributed by atoms with Crippen LogP contribution in [0.2, 0.25) is 0 Å². The summed E-state index contributed by atoms with van der Waals surface area (Å²) in [5.74, 6) is 0.190. The quantitative estimate of drug-likeness (QED) is 0.831. The third-order valence-corrected chi connectivity index (χ3v) is 3.56. The van der Waals surface area contributed by atoms with Crippen LogP contribution in [-0.4, -0.2) is 69.4 Å². The van der Waals surface area contributed by atoms with Gasteiger partial charge in [-0.25, -0.2) is 0 Å².